The molecule has 0 saturated heterocycles. The van der Waals surface area contributed by atoms with Crippen LogP contribution in [0, 0.1) is 22.0 Å². The van der Waals surface area contributed by atoms with E-state index >= 15 is 0 Å². The number of anilines is 1. The van der Waals surface area contributed by atoms with Gasteiger partial charge in [-0.1, -0.05) is 27.8 Å². The van der Waals surface area contributed by atoms with Crippen LogP contribution in [0.1, 0.15) is 12.0 Å². The molecule has 0 spiro atoms. The zero-order valence-corrected chi connectivity index (χ0v) is 9.45. The van der Waals surface area contributed by atoms with E-state index in [1.54, 1.807) is 0 Å². The molecule has 0 aliphatic heterocycles. The minimum absolute atomic E-state index is 0.00680. The Kier molecular flexibility index (Phi) is 4.13. The number of halogens is 1. The maximum atomic E-state index is 10.5. The maximum Gasteiger partial charge on any atom is 0.270 e. The van der Waals surface area contributed by atoms with Gasteiger partial charge in [0.15, 0.2) is 0 Å². The first kappa shape index (κ1) is 11.5. The van der Waals surface area contributed by atoms with Gasteiger partial charge in [0, 0.05) is 29.6 Å². The second kappa shape index (κ2) is 5.37. The van der Waals surface area contributed by atoms with Crippen molar-refractivity contribution in [3.8, 4) is 11.8 Å². The molecule has 0 aliphatic rings. The predicted molar refractivity (Wildman–Crippen MR) is 62.8 cm³/mol. The van der Waals surface area contributed by atoms with Gasteiger partial charge in [-0.2, -0.15) is 0 Å². The van der Waals surface area contributed by atoms with Gasteiger partial charge >= 0.3 is 0 Å². The molecule has 1 aromatic carbocycles. The van der Waals surface area contributed by atoms with E-state index in [2.05, 4.69) is 27.8 Å². The Balaban J connectivity index is 3.02. The zero-order chi connectivity index (χ0) is 11.3. The minimum Gasteiger partial charge on any atom is -0.398 e. The second-order valence-electron chi connectivity index (χ2n) is 2.77. The van der Waals surface area contributed by atoms with Crippen LogP contribution in [0.5, 0.6) is 0 Å². The van der Waals surface area contributed by atoms with Crippen molar-refractivity contribution < 1.29 is 4.92 Å². The molecule has 5 heteroatoms. The number of alkyl halides is 1. The number of rotatable bonds is 2. The third kappa shape index (κ3) is 3.26. The average Bonchev–Trinajstić information content (AvgIpc) is 2.20. The lowest BCUT2D eigenvalue weighted by Gasteiger charge is -1.97. The molecule has 0 amide bonds. The quantitative estimate of drug-likeness (QED) is 0.294. The lowest BCUT2D eigenvalue weighted by atomic mass is 10.1. The third-order valence-corrected chi connectivity index (χ3v) is 2.09. The van der Waals surface area contributed by atoms with Crippen LogP contribution in [-0.2, 0) is 0 Å². The zero-order valence-electron chi connectivity index (χ0n) is 7.87. The highest BCUT2D eigenvalue weighted by Gasteiger charge is 2.06. The lowest BCUT2D eigenvalue weighted by Crippen LogP contribution is -1.93. The van der Waals surface area contributed by atoms with E-state index in [0.29, 0.717) is 17.7 Å². The van der Waals surface area contributed by atoms with Crippen LogP contribution in [0.3, 0.4) is 0 Å². The molecular weight excluding hydrogens is 260 g/mol. The summed E-state index contributed by atoms with van der Waals surface area (Å²) in [5, 5.41) is 11.3. The van der Waals surface area contributed by atoms with Gasteiger partial charge in [0.2, 0.25) is 0 Å². The number of non-ortho nitro benzene ring substituents is 1. The number of nitro groups is 1. The summed E-state index contributed by atoms with van der Waals surface area (Å²) in [6, 6.07) is 4.25. The van der Waals surface area contributed by atoms with Gasteiger partial charge in [-0.25, -0.2) is 0 Å². The summed E-state index contributed by atoms with van der Waals surface area (Å²) in [5.74, 6) is 5.66. The Morgan fingerprint density at radius 2 is 2.27 bits per heavy atom. The summed E-state index contributed by atoms with van der Waals surface area (Å²) in [4.78, 5) is 10.0. The first-order valence-electron chi connectivity index (χ1n) is 4.24. The first-order chi connectivity index (χ1) is 7.15. The van der Waals surface area contributed by atoms with Gasteiger partial charge in [-0.15, -0.1) is 0 Å². The molecular formula is C10H9BrN2O2. The van der Waals surface area contributed by atoms with Gasteiger partial charge < -0.3 is 5.73 Å². The molecule has 78 valence electrons. The minimum atomic E-state index is -0.463. The lowest BCUT2D eigenvalue weighted by molar-refractivity contribution is -0.384. The number of hydrogen-bond donors (Lipinski definition) is 1. The van der Waals surface area contributed by atoms with Gasteiger partial charge in [-0.05, 0) is 6.07 Å². The molecule has 0 aromatic heterocycles. The fourth-order valence-corrected chi connectivity index (χ4v) is 1.17. The topological polar surface area (TPSA) is 69.2 Å². The van der Waals surface area contributed by atoms with Crippen LogP contribution < -0.4 is 5.73 Å². The van der Waals surface area contributed by atoms with Gasteiger partial charge in [-0.3, -0.25) is 10.1 Å². The Bertz CT molecular complexity index is 435. The van der Waals surface area contributed by atoms with Crippen LogP contribution in [0.25, 0.3) is 0 Å². The average molecular weight is 269 g/mol. The predicted octanol–water partition coefficient (Wildman–Crippen LogP) is 2.31. The van der Waals surface area contributed by atoms with Crippen LogP contribution in [0.4, 0.5) is 11.4 Å². The molecule has 0 bridgehead atoms. The molecule has 1 rings (SSSR count). The fourth-order valence-electron chi connectivity index (χ4n) is 0.971. The van der Waals surface area contributed by atoms with Crippen molar-refractivity contribution in [2.75, 3.05) is 11.1 Å². The number of nitrogens with zero attached hydrogens (tertiary/aromatic N) is 1. The molecule has 0 unspecified atom stereocenters. The Morgan fingerprint density at radius 3 is 2.87 bits per heavy atom. The van der Waals surface area contributed by atoms with Crippen molar-refractivity contribution >= 4 is 27.3 Å². The highest BCUT2D eigenvalue weighted by atomic mass is 79.9. The molecule has 0 radical (unpaired) electrons. The summed E-state index contributed by atoms with van der Waals surface area (Å²) in [5.41, 5.74) is 6.61. The van der Waals surface area contributed by atoms with Crippen molar-refractivity contribution in [2.24, 2.45) is 0 Å². The highest BCUT2D eigenvalue weighted by molar-refractivity contribution is 9.09. The largest absolute Gasteiger partial charge is 0.398 e. The van der Waals surface area contributed by atoms with Gasteiger partial charge in [0.1, 0.15) is 0 Å². The Morgan fingerprint density at radius 1 is 1.53 bits per heavy atom. The summed E-state index contributed by atoms with van der Waals surface area (Å²) in [6.45, 7) is 0. The summed E-state index contributed by atoms with van der Waals surface area (Å²) < 4.78 is 0. The van der Waals surface area contributed by atoms with E-state index in [4.69, 9.17) is 5.73 Å². The van der Waals surface area contributed by atoms with Crippen molar-refractivity contribution in [1.82, 2.24) is 0 Å². The van der Waals surface area contributed by atoms with E-state index in [0.717, 1.165) is 5.33 Å². The summed E-state index contributed by atoms with van der Waals surface area (Å²) in [7, 11) is 0. The number of benzene rings is 1. The molecule has 0 aliphatic carbocycles. The van der Waals surface area contributed by atoms with E-state index in [9.17, 15) is 10.1 Å². The molecule has 4 nitrogen and oxygen atoms in total. The van der Waals surface area contributed by atoms with Crippen molar-refractivity contribution in [1.29, 1.82) is 0 Å². The van der Waals surface area contributed by atoms with Gasteiger partial charge in [0.05, 0.1) is 10.5 Å². The van der Waals surface area contributed by atoms with E-state index in [1.807, 2.05) is 0 Å². The number of hydrogen-bond acceptors (Lipinski definition) is 3. The molecule has 0 fully saturated rings. The Labute approximate surface area is 95.8 Å². The van der Waals surface area contributed by atoms with Crippen molar-refractivity contribution in [3.63, 3.8) is 0 Å². The summed E-state index contributed by atoms with van der Waals surface area (Å²) in [6.07, 6.45) is 0.683. The number of nitrogen functional groups attached to an aromatic ring is 1. The number of nitro benzene ring substituents is 1. The third-order valence-electron chi connectivity index (χ3n) is 1.69. The molecule has 2 N–H and O–H groups in total. The SMILES string of the molecule is Nc1ccc([N+](=O)[O-])cc1C#CCCBr. The van der Waals surface area contributed by atoms with Crippen LogP contribution in [0.15, 0.2) is 18.2 Å². The van der Waals surface area contributed by atoms with Gasteiger partial charge in [0.25, 0.3) is 5.69 Å². The summed E-state index contributed by atoms with van der Waals surface area (Å²) >= 11 is 3.24. The smallest absolute Gasteiger partial charge is 0.270 e. The number of nitrogens with two attached hydrogens (primary N) is 1. The van der Waals surface area contributed by atoms with Crippen LogP contribution >= 0.6 is 15.9 Å². The van der Waals surface area contributed by atoms with E-state index < -0.39 is 4.92 Å². The van der Waals surface area contributed by atoms with Crippen LogP contribution in [-0.4, -0.2) is 10.3 Å². The van der Waals surface area contributed by atoms with Crippen molar-refractivity contribution in [2.45, 2.75) is 6.42 Å². The first-order valence-corrected chi connectivity index (χ1v) is 5.36. The van der Waals surface area contributed by atoms with E-state index in [1.165, 1.54) is 18.2 Å². The molecule has 15 heavy (non-hydrogen) atoms. The van der Waals surface area contributed by atoms with Crippen LogP contribution in [0.2, 0.25) is 0 Å². The molecule has 0 atom stereocenters. The second-order valence-corrected chi connectivity index (χ2v) is 3.56. The van der Waals surface area contributed by atoms with Crippen molar-refractivity contribution in [3.05, 3.63) is 33.9 Å². The Hall–Kier alpha value is -1.54. The monoisotopic (exact) mass is 268 g/mol. The molecule has 1 aromatic rings. The molecule has 0 heterocycles. The molecule has 0 saturated carbocycles. The van der Waals surface area contributed by atoms with E-state index in [-0.39, 0.29) is 5.69 Å². The normalized spacial score (nSPS) is 9.13. The highest BCUT2D eigenvalue weighted by Crippen LogP contribution is 2.18. The maximum absolute atomic E-state index is 10.5. The standard InChI is InChI=1S/C10H9BrN2O2/c11-6-2-1-3-8-7-9(13(14)15)4-5-10(8)12/h4-5,7H,2,6,12H2. The fraction of sp³-hybridized carbons (Fsp3) is 0.200.